The maximum absolute atomic E-state index is 12.8. The summed E-state index contributed by atoms with van der Waals surface area (Å²) >= 11 is 6.10. The van der Waals surface area contributed by atoms with Crippen LogP contribution in [0.2, 0.25) is 5.02 Å². The summed E-state index contributed by atoms with van der Waals surface area (Å²) in [4.78, 5) is 0.176. The van der Waals surface area contributed by atoms with Crippen molar-refractivity contribution >= 4 is 21.6 Å². The van der Waals surface area contributed by atoms with Gasteiger partial charge in [0.1, 0.15) is 4.90 Å². The average molecular weight is 317 g/mol. The van der Waals surface area contributed by atoms with Gasteiger partial charge in [0.2, 0.25) is 10.0 Å². The molecule has 0 unspecified atom stereocenters. The lowest BCUT2D eigenvalue weighted by molar-refractivity contribution is 0.360. The van der Waals surface area contributed by atoms with E-state index in [4.69, 9.17) is 17.3 Å². The minimum absolute atomic E-state index is 0.125. The first-order chi connectivity index (χ1) is 9.36. The molecule has 0 atom stereocenters. The SMILES string of the molecule is CC(C)CN(C1CC1)S(=O)(=O)c1cc(CN)ccc1Cl. The van der Waals surface area contributed by atoms with E-state index in [1.807, 2.05) is 13.8 Å². The topological polar surface area (TPSA) is 63.4 Å². The molecule has 20 heavy (non-hydrogen) atoms. The molecular formula is C14H21ClN2O2S. The maximum atomic E-state index is 12.8. The highest BCUT2D eigenvalue weighted by Gasteiger charge is 2.39. The Labute approximate surface area is 126 Å². The minimum atomic E-state index is -3.55. The number of rotatable bonds is 6. The second-order valence-electron chi connectivity index (χ2n) is 5.67. The van der Waals surface area contributed by atoms with E-state index in [2.05, 4.69) is 0 Å². The molecule has 1 aliphatic rings. The lowest BCUT2D eigenvalue weighted by Crippen LogP contribution is -2.36. The number of hydrogen-bond acceptors (Lipinski definition) is 3. The normalized spacial score (nSPS) is 16.1. The molecule has 1 aromatic rings. The Morgan fingerprint density at radius 3 is 2.55 bits per heavy atom. The van der Waals surface area contributed by atoms with Crippen LogP contribution in [0.25, 0.3) is 0 Å². The van der Waals surface area contributed by atoms with E-state index in [1.54, 1.807) is 22.5 Å². The van der Waals surface area contributed by atoms with Crippen LogP contribution in [0, 0.1) is 5.92 Å². The standard InChI is InChI=1S/C14H21ClN2O2S/c1-10(2)9-17(12-4-5-12)20(18,19)14-7-11(8-16)3-6-13(14)15/h3,6-7,10,12H,4-5,8-9,16H2,1-2H3. The smallest absolute Gasteiger partial charge is 0.244 e. The van der Waals surface area contributed by atoms with Crippen molar-refractivity contribution in [3.05, 3.63) is 28.8 Å². The van der Waals surface area contributed by atoms with Crippen LogP contribution in [0.1, 0.15) is 32.3 Å². The average Bonchev–Trinajstić information content (AvgIpc) is 3.20. The summed E-state index contributed by atoms with van der Waals surface area (Å²) in [5.41, 5.74) is 6.36. The van der Waals surface area contributed by atoms with Crippen molar-refractivity contribution in [3.63, 3.8) is 0 Å². The largest absolute Gasteiger partial charge is 0.326 e. The summed E-state index contributed by atoms with van der Waals surface area (Å²) < 4.78 is 27.3. The van der Waals surface area contributed by atoms with Gasteiger partial charge < -0.3 is 5.73 Å². The van der Waals surface area contributed by atoms with E-state index in [0.717, 1.165) is 18.4 Å². The van der Waals surface area contributed by atoms with Crippen LogP contribution in [0.3, 0.4) is 0 Å². The third-order valence-electron chi connectivity index (χ3n) is 3.32. The number of halogens is 1. The molecule has 2 rings (SSSR count). The van der Waals surface area contributed by atoms with E-state index in [9.17, 15) is 8.42 Å². The van der Waals surface area contributed by atoms with Gasteiger partial charge in [-0.2, -0.15) is 4.31 Å². The van der Waals surface area contributed by atoms with Crippen LogP contribution in [0.5, 0.6) is 0 Å². The van der Waals surface area contributed by atoms with Gasteiger partial charge >= 0.3 is 0 Å². The zero-order chi connectivity index (χ0) is 14.9. The van der Waals surface area contributed by atoms with Crippen LogP contribution in [0.4, 0.5) is 0 Å². The highest BCUT2D eigenvalue weighted by molar-refractivity contribution is 7.89. The molecule has 6 heteroatoms. The monoisotopic (exact) mass is 316 g/mol. The molecule has 4 nitrogen and oxygen atoms in total. The summed E-state index contributed by atoms with van der Waals surface area (Å²) in [6.45, 7) is 4.86. The molecule has 0 aromatic heterocycles. The van der Waals surface area contributed by atoms with Gasteiger partial charge in [-0.1, -0.05) is 31.5 Å². The van der Waals surface area contributed by atoms with Crippen LogP contribution in [-0.2, 0) is 16.6 Å². The first kappa shape index (κ1) is 15.8. The molecule has 0 amide bonds. The Kier molecular flexibility index (Phi) is 4.74. The zero-order valence-corrected chi connectivity index (χ0v) is 13.4. The van der Waals surface area contributed by atoms with Crippen LogP contribution in [0.15, 0.2) is 23.1 Å². The fourth-order valence-electron chi connectivity index (χ4n) is 2.16. The minimum Gasteiger partial charge on any atom is -0.326 e. The van der Waals surface area contributed by atoms with Gasteiger partial charge in [0.15, 0.2) is 0 Å². The summed E-state index contributed by atoms with van der Waals surface area (Å²) in [5.74, 6) is 0.279. The van der Waals surface area contributed by atoms with Crippen molar-refractivity contribution in [2.75, 3.05) is 6.54 Å². The number of benzene rings is 1. The fraction of sp³-hybridized carbons (Fsp3) is 0.571. The predicted molar refractivity (Wildman–Crippen MR) is 81.1 cm³/mol. The van der Waals surface area contributed by atoms with E-state index in [0.29, 0.717) is 13.1 Å². The third-order valence-corrected chi connectivity index (χ3v) is 5.72. The number of hydrogen-bond donors (Lipinski definition) is 1. The van der Waals surface area contributed by atoms with E-state index in [-0.39, 0.29) is 21.9 Å². The molecule has 0 spiro atoms. The molecule has 0 radical (unpaired) electrons. The van der Waals surface area contributed by atoms with Gasteiger partial charge in [-0.25, -0.2) is 8.42 Å². The lowest BCUT2D eigenvalue weighted by Gasteiger charge is -2.24. The summed E-state index contributed by atoms with van der Waals surface area (Å²) in [6.07, 6.45) is 1.86. The second-order valence-corrected chi connectivity index (χ2v) is 7.93. The Morgan fingerprint density at radius 1 is 1.40 bits per heavy atom. The Hall–Kier alpha value is -0.620. The van der Waals surface area contributed by atoms with E-state index < -0.39 is 10.0 Å². The second kappa shape index (κ2) is 6.02. The van der Waals surface area contributed by atoms with Crippen molar-refractivity contribution in [1.82, 2.24) is 4.31 Å². The first-order valence-corrected chi connectivity index (χ1v) is 8.68. The molecule has 0 bridgehead atoms. The molecule has 1 fully saturated rings. The molecule has 0 aliphatic heterocycles. The zero-order valence-electron chi connectivity index (χ0n) is 11.8. The lowest BCUT2D eigenvalue weighted by atomic mass is 10.2. The van der Waals surface area contributed by atoms with Crippen molar-refractivity contribution < 1.29 is 8.42 Å². The number of nitrogens with two attached hydrogens (primary N) is 1. The van der Waals surface area contributed by atoms with E-state index in [1.165, 1.54) is 0 Å². The Bertz CT molecular complexity index is 583. The molecular weight excluding hydrogens is 296 g/mol. The van der Waals surface area contributed by atoms with E-state index >= 15 is 0 Å². The number of sulfonamides is 1. The fourth-order valence-corrected chi connectivity index (χ4v) is 4.54. The van der Waals surface area contributed by atoms with Crippen LogP contribution < -0.4 is 5.73 Å². The molecule has 0 heterocycles. The molecule has 1 aromatic carbocycles. The van der Waals surface area contributed by atoms with Gasteiger partial charge in [-0.05, 0) is 36.5 Å². The molecule has 2 N–H and O–H groups in total. The van der Waals surface area contributed by atoms with Crippen LogP contribution in [-0.4, -0.2) is 25.3 Å². The maximum Gasteiger partial charge on any atom is 0.244 e. The number of nitrogens with zero attached hydrogens (tertiary/aromatic N) is 1. The molecule has 0 saturated heterocycles. The van der Waals surface area contributed by atoms with Crippen LogP contribution >= 0.6 is 11.6 Å². The van der Waals surface area contributed by atoms with Gasteiger partial charge in [0.05, 0.1) is 5.02 Å². The Balaban J connectivity index is 2.41. The van der Waals surface area contributed by atoms with Crippen molar-refractivity contribution in [2.45, 2.75) is 44.2 Å². The summed E-state index contributed by atoms with van der Waals surface area (Å²) in [6, 6.07) is 5.08. The summed E-state index contributed by atoms with van der Waals surface area (Å²) in [5, 5.41) is 0.261. The quantitative estimate of drug-likeness (QED) is 0.877. The highest BCUT2D eigenvalue weighted by atomic mass is 35.5. The van der Waals surface area contributed by atoms with Gasteiger partial charge in [0, 0.05) is 19.1 Å². The third kappa shape index (κ3) is 3.34. The highest BCUT2D eigenvalue weighted by Crippen LogP contribution is 2.35. The van der Waals surface area contributed by atoms with Gasteiger partial charge in [0.25, 0.3) is 0 Å². The van der Waals surface area contributed by atoms with Crippen molar-refractivity contribution in [1.29, 1.82) is 0 Å². The molecule has 1 aliphatic carbocycles. The first-order valence-electron chi connectivity index (χ1n) is 6.86. The Morgan fingerprint density at radius 2 is 2.05 bits per heavy atom. The van der Waals surface area contributed by atoms with Crippen molar-refractivity contribution in [2.24, 2.45) is 11.7 Å². The van der Waals surface area contributed by atoms with Gasteiger partial charge in [-0.15, -0.1) is 0 Å². The molecule has 1 saturated carbocycles. The van der Waals surface area contributed by atoms with Gasteiger partial charge in [-0.3, -0.25) is 0 Å². The predicted octanol–water partition coefficient (Wildman–Crippen LogP) is 2.61. The molecule has 112 valence electrons. The van der Waals surface area contributed by atoms with Crippen molar-refractivity contribution in [3.8, 4) is 0 Å². The summed E-state index contributed by atoms with van der Waals surface area (Å²) in [7, 11) is -3.55.